The van der Waals surface area contributed by atoms with Crippen LogP contribution in [0.15, 0.2) is 52.4 Å². The number of rotatable bonds is 5. The molecule has 7 heteroatoms. The highest BCUT2D eigenvalue weighted by Crippen LogP contribution is 2.37. The second-order valence-electron chi connectivity index (χ2n) is 10.9. The van der Waals surface area contributed by atoms with E-state index in [-0.39, 0.29) is 6.09 Å². The van der Waals surface area contributed by atoms with Crippen molar-refractivity contribution in [2.75, 3.05) is 25.0 Å². The Balaban J connectivity index is 1.27. The highest BCUT2D eigenvalue weighted by molar-refractivity contribution is 7.99. The zero-order valence-electron chi connectivity index (χ0n) is 21.5. The van der Waals surface area contributed by atoms with Gasteiger partial charge in [-0.3, -0.25) is 0 Å². The summed E-state index contributed by atoms with van der Waals surface area (Å²) in [4.78, 5) is 25.4. The summed E-state index contributed by atoms with van der Waals surface area (Å²) in [5.41, 5.74) is 2.05. The molecule has 0 spiro atoms. The van der Waals surface area contributed by atoms with Crippen LogP contribution >= 0.6 is 11.8 Å². The molecule has 0 unspecified atom stereocenters. The summed E-state index contributed by atoms with van der Waals surface area (Å²) >= 11 is 1.77. The average Bonchev–Trinajstić information content (AvgIpc) is 2.87. The van der Waals surface area contributed by atoms with Gasteiger partial charge in [-0.15, -0.1) is 0 Å². The second kappa shape index (κ2) is 10.7. The Hall–Kier alpha value is -2.80. The van der Waals surface area contributed by atoms with Gasteiger partial charge in [0.05, 0.1) is 5.69 Å². The second-order valence-corrected chi connectivity index (χ2v) is 11.9. The number of carbonyl (C=O) groups is 1. The standard InChI is InChI=1S/C29H36N4O2S/c1-29(2,3)35-28(34)33-17-15-20(16-18-33)19-30-27-31-24-13-7-6-12-23(24)26(32-27)36-25-14-8-10-21-9-4-5-11-22(21)25/h4-5,8-11,14,20H,6-7,12-13,15-19H2,1-3H3,(H,30,31,32). The summed E-state index contributed by atoms with van der Waals surface area (Å²) in [5.74, 6) is 1.21. The molecular weight excluding hydrogens is 468 g/mol. The predicted octanol–water partition coefficient (Wildman–Crippen LogP) is 6.72. The topological polar surface area (TPSA) is 67.3 Å². The van der Waals surface area contributed by atoms with Crippen molar-refractivity contribution >= 4 is 34.6 Å². The van der Waals surface area contributed by atoms with Crippen LogP contribution in [0, 0.1) is 5.92 Å². The molecule has 0 saturated carbocycles. The summed E-state index contributed by atoms with van der Waals surface area (Å²) in [6, 6.07) is 15.0. The molecule has 36 heavy (non-hydrogen) atoms. The Morgan fingerprint density at radius 1 is 1.06 bits per heavy atom. The minimum atomic E-state index is -0.457. The third-order valence-electron chi connectivity index (χ3n) is 6.92. The summed E-state index contributed by atoms with van der Waals surface area (Å²) in [5, 5.41) is 7.14. The van der Waals surface area contributed by atoms with Crippen LogP contribution in [0.5, 0.6) is 0 Å². The number of amides is 1. The number of piperidine rings is 1. The molecule has 3 aromatic rings. The fraction of sp³-hybridized carbons (Fsp3) is 0.483. The number of nitrogens with zero attached hydrogens (tertiary/aromatic N) is 3. The first-order valence-corrected chi connectivity index (χ1v) is 13.9. The molecule has 1 aliphatic carbocycles. The molecule has 0 atom stereocenters. The Bertz CT molecular complexity index is 1230. The van der Waals surface area contributed by atoms with Crippen molar-refractivity contribution in [3.05, 3.63) is 53.7 Å². The van der Waals surface area contributed by atoms with Gasteiger partial charge in [-0.25, -0.2) is 14.8 Å². The Morgan fingerprint density at radius 2 is 1.81 bits per heavy atom. The average molecular weight is 505 g/mol. The Labute approximate surface area is 218 Å². The van der Waals surface area contributed by atoms with E-state index in [2.05, 4.69) is 47.8 Å². The zero-order valence-corrected chi connectivity index (χ0v) is 22.4. The van der Waals surface area contributed by atoms with Crippen molar-refractivity contribution in [1.29, 1.82) is 0 Å². The molecule has 1 amide bonds. The number of hydrogen-bond acceptors (Lipinski definition) is 6. The maximum Gasteiger partial charge on any atom is 0.410 e. The third kappa shape index (κ3) is 5.94. The SMILES string of the molecule is CC(C)(C)OC(=O)N1CCC(CNc2nc3c(c(Sc4cccc5ccccc45)n2)CCCC3)CC1. The molecule has 6 nitrogen and oxygen atoms in total. The fourth-order valence-corrected chi connectivity index (χ4v) is 6.12. The van der Waals surface area contributed by atoms with E-state index in [0.717, 1.165) is 56.3 Å². The number of carbonyl (C=O) groups excluding carboxylic acids is 1. The van der Waals surface area contributed by atoms with Crippen molar-refractivity contribution in [2.24, 2.45) is 5.92 Å². The van der Waals surface area contributed by atoms with Gasteiger partial charge in [-0.05, 0) is 82.1 Å². The molecule has 190 valence electrons. The first-order valence-electron chi connectivity index (χ1n) is 13.1. The van der Waals surface area contributed by atoms with Gasteiger partial charge in [0.2, 0.25) is 5.95 Å². The lowest BCUT2D eigenvalue weighted by molar-refractivity contribution is 0.0188. The Kier molecular flexibility index (Phi) is 7.37. The van der Waals surface area contributed by atoms with Gasteiger partial charge in [0.15, 0.2) is 0 Å². The molecule has 1 aliphatic heterocycles. The first kappa shape index (κ1) is 24.9. The number of aromatic nitrogens is 2. The van der Waals surface area contributed by atoms with Crippen molar-refractivity contribution < 1.29 is 9.53 Å². The number of aryl methyl sites for hydroxylation is 1. The van der Waals surface area contributed by atoms with Crippen LogP contribution in [0.25, 0.3) is 10.8 Å². The van der Waals surface area contributed by atoms with Gasteiger partial charge >= 0.3 is 6.09 Å². The van der Waals surface area contributed by atoms with Gasteiger partial charge in [-0.2, -0.15) is 0 Å². The summed E-state index contributed by atoms with van der Waals surface area (Å²) in [6.45, 7) is 8.01. The monoisotopic (exact) mass is 504 g/mol. The maximum atomic E-state index is 12.4. The van der Waals surface area contributed by atoms with Gasteiger partial charge in [-0.1, -0.05) is 48.2 Å². The number of benzene rings is 2. The summed E-state index contributed by atoms with van der Waals surface area (Å²) < 4.78 is 5.53. The van der Waals surface area contributed by atoms with Crippen molar-refractivity contribution in [3.63, 3.8) is 0 Å². The number of hydrogen-bond donors (Lipinski definition) is 1. The number of nitrogens with one attached hydrogen (secondary N) is 1. The minimum Gasteiger partial charge on any atom is -0.444 e. The maximum absolute atomic E-state index is 12.4. The highest BCUT2D eigenvalue weighted by Gasteiger charge is 2.27. The minimum absolute atomic E-state index is 0.206. The molecule has 2 heterocycles. The van der Waals surface area contributed by atoms with E-state index < -0.39 is 5.60 Å². The third-order valence-corrected chi connectivity index (χ3v) is 8.02. The lowest BCUT2D eigenvalue weighted by atomic mass is 9.97. The number of likely N-dealkylation sites (tertiary alicyclic amines) is 1. The van der Waals surface area contributed by atoms with E-state index in [1.165, 1.54) is 39.8 Å². The van der Waals surface area contributed by atoms with E-state index in [9.17, 15) is 4.79 Å². The molecule has 1 aromatic heterocycles. The van der Waals surface area contributed by atoms with Crippen LogP contribution < -0.4 is 5.32 Å². The molecule has 1 N–H and O–H groups in total. The van der Waals surface area contributed by atoms with Crippen molar-refractivity contribution in [1.82, 2.24) is 14.9 Å². The molecule has 5 rings (SSSR count). The molecule has 0 radical (unpaired) electrons. The van der Waals surface area contributed by atoms with Crippen molar-refractivity contribution in [2.45, 2.75) is 74.8 Å². The predicted molar refractivity (Wildman–Crippen MR) is 146 cm³/mol. The van der Waals surface area contributed by atoms with Crippen LogP contribution in [0.4, 0.5) is 10.7 Å². The molecule has 2 aromatic carbocycles. The molecule has 1 saturated heterocycles. The quantitative estimate of drug-likeness (QED) is 0.389. The lowest BCUT2D eigenvalue weighted by Gasteiger charge is -2.33. The van der Waals surface area contributed by atoms with E-state index in [4.69, 9.17) is 14.7 Å². The largest absolute Gasteiger partial charge is 0.444 e. The van der Waals surface area contributed by atoms with E-state index in [1.54, 1.807) is 11.8 Å². The lowest BCUT2D eigenvalue weighted by Crippen LogP contribution is -2.42. The van der Waals surface area contributed by atoms with Gasteiger partial charge in [0, 0.05) is 30.1 Å². The van der Waals surface area contributed by atoms with Crippen molar-refractivity contribution in [3.8, 4) is 0 Å². The summed E-state index contributed by atoms with van der Waals surface area (Å²) in [7, 11) is 0. The molecule has 1 fully saturated rings. The highest BCUT2D eigenvalue weighted by atomic mass is 32.2. The van der Waals surface area contributed by atoms with Gasteiger partial charge in [0.1, 0.15) is 10.6 Å². The van der Waals surface area contributed by atoms with Crippen LogP contribution in [0.2, 0.25) is 0 Å². The normalized spacial score (nSPS) is 16.6. The molecule has 0 bridgehead atoms. The van der Waals surface area contributed by atoms with Crippen LogP contribution in [-0.2, 0) is 17.6 Å². The van der Waals surface area contributed by atoms with Crippen LogP contribution in [0.1, 0.15) is 57.7 Å². The Morgan fingerprint density at radius 3 is 2.61 bits per heavy atom. The van der Waals surface area contributed by atoms with Crippen LogP contribution in [0.3, 0.4) is 0 Å². The number of anilines is 1. The first-order chi connectivity index (χ1) is 17.4. The van der Waals surface area contributed by atoms with E-state index in [0.29, 0.717) is 5.92 Å². The van der Waals surface area contributed by atoms with E-state index in [1.807, 2.05) is 25.7 Å². The van der Waals surface area contributed by atoms with Gasteiger partial charge in [0.25, 0.3) is 0 Å². The fourth-order valence-electron chi connectivity index (χ4n) is 4.99. The zero-order chi connectivity index (χ0) is 25.1. The van der Waals surface area contributed by atoms with Gasteiger partial charge < -0.3 is 15.0 Å². The number of fused-ring (bicyclic) bond motifs is 2. The summed E-state index contributed by atoms with van der Waals surface area (Å²) in [6.07, 6.45) is 6.15. The van der Waals surface area contributed by atoms with Crippen LogP contribution in [-0.4, -0.2) is 46.2 Å². The molecule has 2 aliphatic rings. The number of ether oxygens (including phenoxy) is 1. The van der Waals surface area contributed by atoms with E-state index >= 15 is 0 Å². The molecular formula is C29H36N4O2S. The smallest absolute Gasteiger partial charge is 0.410 e.